The Bertz CT molecular complexity index is 246. The number of benzene rings is 1. The molecule has 0 saturated carbocycles. The molecule has 12 heavy (non-hydrogen) atoms. The first-order chi connectivity index (χ1) is 5.83. The first-order valence-corrected chi connectivity index (χ1v) is 5.55. The lowest BCUT2D eigenvalue weighted by Crippen LogP contribution is -1.85. The van der Waals surface area contributed by atoms with Gasteiger partial charge in [-0.15, -0.1) is 0 Å². The van der Waals surface area contributed by atoms with Crippen LogP contribution in [0.15, 0.2) is 30.3 Å². The van der Waals surface area contributed by atoms with Crippen LogP contribution >= 0.6 is 8.03 Å². The lowest BCUT2D eigenvalue weighted by atomic mass is 10.2. The third-order valence-electron chi connectivity index (χ3n) is 1.53. The molecule has 3 heteroatoms. The van der Waals surface area contributed by atoms with Gasteiger partial charge in [0.05, 0.1) is 6.61 Å². The van der Waals surface area contributed by atoms with Crippen molar-refractivity contribution in [3.63, 3.8) is 0 Å². The molecule has 0 spiro atoms. The summed E-state index contributed by atoms with van der Waals surface area (Å²) in [5, 5.41) is 0. The van der Waals surface area contributed by atoms with Gasteiger partial charge in [-0.25, -0.2) is 0 Å². The number of hydrogen-bond donors (Lipinski definition) is 0. The first-order valence-electron chi connectivity index (χ1n) is 4.02. The van der Waals surface area contributed by atoms with Crippen LogP contribution in [-0.2, 0) is 15.7 Å². The van der Waals surface area contributed by atoms with Crippen molar-refractivity contribution in [2.75, 3.05) is 6.16 Å². The highest BCUT2D eigenvalue weighted by atomic mass is 31.1. The molecule has 1 aromatic carbocycles. The van der Waals surface area contributed by atoms with Crippen molar-refractivity contribution in [2.45, 2.75) is 13.5 Å². The molecule has 0 amide bonds. The Kier molecular flexibility index (Phi) is 4.06. The molecule has 1 rings (SSSR count). The van der Waals surface area contributed by atoms with Crippen LogP contribution in [0.5, 0.6) is 0 Å². The predicted octanol–water partition coefficient (Wildman–Crippen LogP) is 2.70. The summed E-state index contributed by atoms with van der Waals surface area (Å²) in [6, 6.07) is 9.77. The van der Waals surface area contributed by atoms with Gasteiger partial charge in [-0.2, -0.15) is 0 Å². The number of rotatable bonds is 4. The van der Waals surface area contributed by atoms with Crippen LogP contribution in [0.1, 0.15) is 12.5 Å². The monoisotopic (exact) mass is 184 g/mol. The molecule has 0 bridgehead atoms. The molecule has 0 aliphatic rings. The van der Waals surface area contributed by atoms with Crippen molar-refractivity contribution in [1.82, 2.24) is 0 Å². The SMILES string of the molecule is CC[PH](=O)OCc1ccccc1. The summed E-state index contributed by atoms with van der Waals surface area (Å²) in [5.41, 5.74) is 1.07. The van der Waals surface area contributed by atoms with E-state index in [0.29, 0.717) is 12.8 Å². The zero-order valence-corrected chi connectivity index (χ0v) is 8.12. The van der Waals surface area contributed by atoms with Gasteiger partial charge in [0.15, 0.2) is 8.03 Å². The fourth-order valence-corrected chi connectivity index (χ4v) is 1.37. The maximum atomic E-state index is 10.9. The van der Waals surface area contributed by atoms with Crippen LogP contribution in [0.2, 0.25) is 0 Å². The predicted molar refractivity (Wildman–Crippen MR) is 50.8 cm³/mol. The summed E-state index contributed by atoms with van der Waals surface area (Å²) in [6.07, 6.45) is 0.623. The van der Waals surface area contributed by atoms with E-state index in [1.165, 1.54) is 0 Å². The summed E-state index contributed by atoms with van der Waals surface area (Å²) in [6.45, 7) is 2.33. The summed E-state index contributed by atoms with van der Waals surface area (Å²) < 4.78 is 16.1. The highest BCUT2D eigenvalue weighted by Gasteiger charge is 1.95. The molecule has 0 radical (unpaired) electrons. The molecule has 1 unspecified atom stereocenters. The van der Waals surface area contributed by atoms with Gasteiger partial charge >= 0.3 is 0 Å². The van der Waals surface area contributed by atoms with Gasteiger partial charge in [0.1, 0.15) is 0 Å². The van der Waals surface area contributed by atoms with Gasteiger partial charge in [0, 0.05) is 6.16 Å². The maximum absolute atomic E-state index is 10.9. The van der Waals surface area contributed by atoms with Gasteiger partial charge in [0.25, 0.3) is 0 Å². The van der Waals surface area contributed by atoms with E-state index in [9.17, 15) is 4.57 Å². The van der Waals surface area contributed by atoms with E-state index < -0.39 is 8.03 Å². The molecule has 0 fully saturated rings. The Morgan fingerprint density at radius 1 is 1.33 bits per heavy atom. The van der Waals surface area contributed by atoms with Gasteiger partial charge in [-0.05, 0) is 5.56 Å². The highest BCUT2D eigenvalue weighted by molar-refractivity contribution is 7.39. The Hall–Kier alpha value is -0.590. The second kappa shape index (κ2) is 5.13. The summed E-state index contributed by atoms with van der Waals surface area (Å²) in [4.78, 5) is 0. The minimum Gasteiger partial charge on any atom is -0.326 e. The second-order valence-electron chi connectivity index (χ2n) is 2.50. The third-order valence-corrected chi connectivity index (χ3v) is 2.57. The van der Waals surface area contributed by atoms with Crippen molar-refractivity contribution in [1.29, 1.82) is 0 Å². The van der Waals surface area contributed by atoms with Crippen LogP contribution in [0.3, 0.4) is 0 Å². The lowest BCUT2D eigenvalue weighted by molar-refractivity contribution is 0.319. The molecule has 0 aliphatic heterocycles. The molecule has 0 aliphatic carbocycles. The average molecular weight is 184 g/mol. The van der Waals surface area contributed by atoms with Crippen LogP contribution in [0, 0.1) is 0 Å². The van der Waals surface area contributed by atoms with E-state index in [4.69, 9.17) is 4.52 Å². The minimum absolute atomic E-state index is 0.465. The zero-order valence-electron chi connectivity index (χ0n) is 7.12. The van der Waals surface area contributed by atoms with Gasteiger partial charge in [-0.3, -0.25) is 4.57 Å². The highest BCUT2D eigenvalue weighted by Crippen LogP contribution is 2.22. The van der Waals surface area contributed by atoms with E-state index in [2.05, 4.69) is 0 Å². The van der Waals surface area contributed by atoms with Crippen molar-refractivity contribution >= 4 is 8.03 Å². The third kappa shape index (κ3) is 3.21. The fourth-order valence-electron chi connectivity index (χ4n) is 0.840. The first kappa shape index (κ1) is 9.50. The Morgan fingerprint density at radius 2 is 2.00 bits per heavy atom. The standard InChI is InChI=1S/C9H13O2P/c1-2-12(10)11-8-9-6-4-3-5-7-9/h3-7,12H,2,8H2,1H3. The van der Waals surface area contributed by atoms with Crippen molar-refractivity contribution in [3.05, 3.63) is 35.9 Å². The average Bonchev–Trinajstić information content (AvgIpc) is 2.16. The second-order valence-corrected chi connectivity index (χ2v) is 4.24. The van der Waals surface area contributed by atoms with Crippen molar-refractivity contribution in [3.8, 4) is 0 Å². The summed E-state index contributed by atoms with van der Waals surface area (Å²) in [5.74, 6) is 0. The molecule has 1 atom stereocenters. The van der Waals surface area contributed by atoms with E-state index in [1.807, 2.05) is 37.3 Å². The normalized spacial score (nSPS) is 12.8. The van der Waals surface area contributed by atoms with Crippen molar-refractivity contribution < 1.29 is 9.09 Å². The molecular weight excluding hydrogens is 171 g/mol. The molecular formula is C9H13O2P. The molecule has 2 nitrogen and oxygen atoms in total. The van der Waals surface area contributed by atoms with E-state index in [0.717, 1.165) is 5.56 Å². The van der Waals surface area contributed by atoms with E-state index in [-0.39, 0.29) is 0 Å². The zero-order chi connectivity index (χ0) is 8.81. The van der Waals surface area contributed by atoms with Gasteiger partial charge in [0.2, 0.25) is 0 Å². The molecule has 0 N–H and O–H groups in total. The Balaban J connectivity index is 2.38. The topological polar surface area (TPSA) is 26.3 Å². The Labute approximate surface area is 73.4 Å². The summed E-state index contributed by atoms with van der Waals surface area (Å²) >= 11 is 0. The number of hydrogen-bond acceptors (Lipinski definition) is 2. The molecule has 66 valence electrons. The quantitative estimate of drug-likeness (QED) is 0.672. The van der Waals surface area contributed by atoms with Crippen LogP contribution < -0.4 is 0 Å². The van der Waals surface area contributed by atoms with Crippen LogP contribution in [0.25, 0.3) is 0 Å². The molecule has 0 aromatic heterocycles. The van der Waals surface area contributed by atoms with Crippen LogP contribution in [-0.4, -0.2) is 6.16 Å². The molecule has 1 aromatic rings. The van der Waals surface area contributed by atoms with E-state index >= 15 is 0 Å². The van der Waals surface area contributed by atoms with Gasteiger partial charge in [-0.1, -0.05) is 37.3 Å². The fraction of sp³-hybridized carbons (Fsp3) is 0.333. The minimum atomic E-state index is -1.78. The maximum Gasteiger partial charge on any atom is 0.191 e. The van der Waals surface area contributed by atoms with Crippen LogP contribution in [0.4, 0.5) is 0 Å². The molecule has 0 heterocycles. The largest absolute Gasteiger partial charge is 0.326 e. The smallest absolute Gasteiger partial charge is 0.191 e. The van der Waals surface area contributed by atoms with E-state index in [1.54, 1.807) is 0 Å². The van der Waals surface area contributed by atoms with Crippen molar-refractivity contribution in [2.24, 2.45) is 0 Å². The summed E-state index contributed by atoms with van der Waals surface area (Å²) in [7, 11) is -1.78. The van der Waals surface area contributed by atoms with Gasteiger partial charge < -0.3 is 4.52 Å². The Morgan fingerprint density at radius 3 is 2.58 bits per heavy atom. The molecule has 0 saturated heterocycles. The lowest BCUT2D eigenvalue weighted by Gasteiger charge is -2.01.